The van der Waals surface area contributed by atoms with Crippen LogP contribution in [0.15, 0.2) is 71.7 Å². The van der Waals surface area contributed by atoms with Crippen LogP contribution in [-0.2, 0) is 5.54 Å². The number of fused-ring (bicyclic) bond motifs is 4. The molecule has 104 valence electrons. The van der Waals surface area contributed by atoms with Crippen LogP contribution < -0.4 is 5.73 Å². The Kier molecular flexibility index (Phi) is 2.06. The van der Waals surface area contributed by atoms with E-state index >= 15 is 0 Å². The molecule has 1 aliphatic carbocycles. The number of aliphatic imine (C=N–C) groups is 1. The van der Waals surface area contributed by atoms with Gasteiger partial charge in [0.25, 0.3) is 0 Å². The zero-order valence-corrected chi connectivity index (χ0v) is 12.0. The predicted molar refractivity (Wildman–Crippen MR) is 92.1 cm³/mol. The SMILES string of the molecule is Nc1ccc2ccccc2c1C12N=C1C=Cc1ccccc12. The van der Waals surface area contributed by atoms with Gasteiger partial charge in [-0.05, 0) is 34.0 Å². The van der Waals surface area contributed by atoms with Crippen LogP contribution in [0.4, 0.5) is 5.69 Å². The Hall–Kier alpha value is -2.87. The van der Waals surface area contributed by atoms with E-state index < -0.39 is 0 Å². The Bertz CT molecular complexity index is 998. The number of nitrogen functional groups attached to an aromatic ring is 1. The molecule has 2 nitrogen and oxygen atoms in total. The molecule has 0 amide bonds. The van der Waals surface area contributed by atoms with Crippen molar-refractivity contribution >= 4 is 28.2 Å². The van der Waals surface area contributed by atoms with E-state index in [9.17, 15) is 0 Å². The monoisotopic (exact) mass is 282 g/mol. The van der Waals surface area contributed by atoms with E-state index in [1.54, 1.807) is 0 Å². The predicted octanol–water partition coefficient (Wildman–Crippen LogP) is 4.15. The van der Waals surface area contributed by atoms with Gasteiger partial charge in [-0.25, -0.2) is 0 Å². The minimum atomic E-state index is -0.379. The summed E-state index contributed by atoms with van der Waals surface area (Å²) in [7, 11) is 0. The number of benzene rings is 3. The molecular formula is C20H14N2. The topological polar surface area (TPSA) is 38.4 Å². The number of hydrogen-bond acceptors (Lipinski definition) is 2. The van der Waals surface area contributed by atoms with Gasteiger partial charge < -0.3 is 5.73 Å². The first kappa shape index (κ1) is 11.8. The molecule has 1 aliphatic heterocycles. The fraction of sp³-hybridized carbons (Fsp3) is 0.0500. The van der Waals surface area contributed by atoms with Crippen LogP contribution in [-0.4, -0.2) is 5.71 Å². The zero-order chi connectivity index (χ0) is 14.7. The van der Waals surface area contributed by atoms with Crippen molar-refractivity contribution in [2.24, 2.45) is 4.99 Å². The maximum absolute atomic E-state index is 6.39. The number of anilines is 1. The lowest BCUT2D eigenvalue weighted by molar-refractivity contribution is 0.870. The maximum Gasteiger partial charge on any atom is 0.156 e. The Balaban J connectivity index is 1.88. The second-order valence-electron chi connectivity index (χ2n) is 5.88. The average Bonchev–Trinajstić information content (AvgIpc) is 3.30. The number of nitrogens with zero attached hydrogens (tertiary/aromatic N) is 1. The normalized spacial score (nSPS) is 21.2. The third-order valence-corrected chi connectivity index (χ3v) is 4.70. The fourth-order valence-electron chi connectivity index (χ4n) is 3.66. The minimum absolute atomic E-state index is 0.379. The van der Waals surface area contributed by atoms with Crippen molar-refractivity contribution < 1.29 is 0 Å². The minimum Gasteiger partial charge on any atom is -0.398 e. The highest BCUT2D eigenvalue weighted by molar-refractivity contribution is 6.22. The lowest BCUT2D eigenvalue weighted by atomic mass is 9.78. The lowest BCUT2D eigenvalue weighted by Crippen LogP contribution is -2.22. The van der Waals surface area contributed by atoms with Gasteiger partial charge in [0.1, 0.15) is 0 Å². The molecule has 5 rings (SSSR count). The Morgan fingerprint density at radius 3 is 2.59 bits per heavy atom. The molecule has 0 fully saturated rings. The van der Waals surface area contributed by atoms with Gasteiger partial charge in [0.05, 0.1) is 5.71 Å². The van der Waals surface area contributed by atoms with Crippen LogP contribution >= 0.6 is 0 Å². The molecule has 3 aromatic carbocycles. The van der Waals surface area contributed by atoms with Crippen LogP contribution in [0.3, 0.4) is 0 Å². The molecule has 0 spiro atoms. The summed E-state index contributed by atoms with van der Waals surface area (Å²) in [5.74, 6) is 0. The summed E-state index contributed by atoms with van der Waals surface area (Å²) in [5, 5.41) is 2.39. The molecule has 0 aromatic heterocycles. The van der Waals surface area contributed by atoms with E-state index in [4.69, 9.17) is 10.7 Å². The van der Waals surface area contributed by atoms with Crippen LogP contribution in [0.2, 0.25) is 0 Å². The molecule has 0 saturated carbocycles. The van der Waals surface area contributed by atoms with E-state index in [2.05, 4.69) is 66.7 Å². The van der Waals surface area contributed by atoms with Crippen molar-refractivity contribution in [3.05, 3.63) is 83.4 Å². The molecule has 3 aromatic rings. The van der Waals surface area contributed by atoms with E-state index in [0.29, 0.717) is 0 Å². The summed E-state index contributed by atoms with van der Waals surface area (Å²) in [6, 6.07) is 20.9. The largest absolute Gasteiger partial charge is 0.398 e. The van der Waals surface area contributed by atoms with Crippen molar-refractivity contribution in [2.75, 3.05) is 5.73 Å². The average molecular weight is 282 g/mol. The second kappa shape index (κ2) is 3.86. The molecule has 2 aliphatic rings. The van der Waals surface area contributed by atoms with Crippen molar-refractivity contribution in [1.82, 2.24) is 0 Å². The Morgan fingerprint density at radius 1 is 0.818 bits per heavy atom. The summed E-state index contributed by atoms with van der Waals surface area (Å²) >= 11 is 0. The highest BCUT2D eigenvalue weighted by Gasteiger charge is 2.53. The maximum atomic E-state index is 6.39. The highest BCUT2D eigenvalue weighted by atomic mass is 15.1. The van der Waals surface area contributed by atoms with E-state index in [-0.39, 0.29) is 5.54 Å². The molecule has 1 heterocycles. The third-order valence-electron chi connectivity index (χ3n) is 4.70. The van der Waals surface area contributed by atoms with E-state index in [1.165, 1.54) is 21.9 Å². The first-order valence-corrected chi connectivity index (χ1v) is 7.46. The molecule has 2 heteroatoms. The van der Waals surface area contributed by atoms with Gasteiger partial charge >= 0.3 is 0 Å². The summed E-state index contributed by atoms with van der Waals surface area (Å²) in [5.41, 5.74) is 11.5. The molecule has 1 unspecified atom stereocenters. The van der Waals surface area contributed by atoms with Crippen molar-refractivity contribution in [1.29, 1.82) is 0 Å². The first-order valence-electron chi connectivity index (χ1n) is 7.46. The lowest BCUT2D eigenvalue weighted by Gasteiger charge is -2.24. The molecule has 0 radical (unpaired) electrons. The van der Waals surface area contributed by atoms with Gasteiger partial charge in [0, 0.05) is 11.3 Å². The van der Waals surface area contributed by atoms with Crippen LogP contribution in [0, 0.1) is 0 Å². The van der Waals surface area contributed by atoms with Crippen LogP contribution in [0.5, 0.6) is 0 Å². The van der Waals surface area contributed by atoms with E-state index in [0.717, 1.165) is 17.0 Å². The molecule has 2 N–H and O–H groups in total. The second-order valence-corrected chi connectivity index (χ2v) is 5.88. The molecule has 0 bridgehead atoms. The number of rotatable bonds is 1. The standard InChI is InChI=1S/C20H14N2/c21-17-11-9-13-5-1-3-7-15(13)19(17)20-16-8-4-2-6-14(16)10-12-18(20)22-20/h1-12H,21H2. The number of nitrogens with two attached hydrogens (primary N) is 1. The zero-order valence-electron chi connectivity index (χ0n) is 12.0. The number of hydrogen-bond donors (Lipinski definition) is 1. The van der Waals surface area contributed by atoms with Gasteiger partial charge in [0.2, 0.25) is 0 Å². The summed E-state index contributed by atoms with van der Waals surface area (Å²) in [6.07, 6.45) is 4.25. The van der Waals surface area contributed by atoms with Crippen molar-refractivity contribution in [3.8, 4) is 0 Å². The Morgan fingerprint density at radius 2 is 1.64 bits per heavy atom. The fourth-order valence-corrected chi connectivity index (χ4v) is 3.66. The molecule has 22 heavy (non-hydrogen) atoms. The summed E-state index contributed by atoms with van der Waals surface area (Å²) < 4.78 is 0. The smallest absolute Gasteiger partial charge is 0.156 e. The third kappa shape index (κ3) is 1.32. The van der Waals surface area contributed by atoms with Crippen molar-refractivity contribution in [2.45, 2.75) is 5.54 Å². The summed E-state index contributed by atoms with van der Waals surface area (Å²) in [4.78, 5) is 4.86. The van der Waals surface area contributed by atoms with Gasteiger partial charge in [-0.1, -0.05) is 60.7 Å². The quantitative estimate of drug-likeness (QED) is 0.669. The van der Waals surface area contributed by atoms with Crippen LogP contribution in [0.25, 0.3) is 16.8 Å². The van der Waals surface area contributed by atoms with Gasteiger partial charge in [0.15, 0.2) is 5.54 Å². The van der Waals surface area contributed by atoms with Crippen LogP contribution in [0.1, 0.15) is 16.7 Å². The highest BCUT2D eigenvalue weighted by Crippen LogP contribution is 2.53. The van der Waals surface area contributed by atoms with Crippen molar-refractivity contribution in [3.63, 3.8) is 0 Å². The Labute approximate surface area is 128 Å². The molecule has 0 saturated heterocycles. The summed E-state index contributed by atoms with van der Waals surface area (Å²) in [6.45, 7) is 0. The van der Waals surface area contributed by atoms with Gasteiger partial charge in [-0.15, -0.1) is 0 Å². The molecular weight excluding hydrogens is 268 g/mol. The van der Waals surface area contributed by atoms with Gasteiger partial charge in [-0.2, -0.15) is 0 Å². The first-order chi connectivity index (χ1) is 10.8. The van der Waals surface area contributed by atoms with E-state index in [1.807, 2.05) is 6.07 Å². The van der Waals surface area contributed by atoms with Gasteiger partial charge in [-0.3, -0.25) is 4.99 Å². The molecule has 1 atom stereocenters.